The smallest absolute Gasteiger partial charge is 0.315 e. The van der Waals surface area contributed by atoms with Crippen LogP contribution >= 0.6 is 0 Å². The number of aromatic nitrogens is 2. The summed E-state index contributed by atoms with van der Waals surface area (Å²) in [5.41, 5.74) is -0.424. The van der Waals surface area contributed by atoms with E-state index < -0.39 is 5.60 Å². The zero-order valence-corrected chi connectivity index (χ0v) is 14.2. The number of nitrogens with one attached hydrogen (secondary N) is 2. The fourth-order valence-electron chi connectivity index (χ4n) is 2.43. The Labute approximate surface area is 136 Å². The van der Waals surface area contributed by atoms with Gasteiger partial charge in [0.15, 0.2) is 5.82 Å². The molecule has 0 saturated carbocycles. The van der Waals surface area contributed by atoms with Crippen molar-refractivity contribution in [3.63, 3.8) is 0 Å². The van der Waals surface area contributed by atoms with Crippen LogP contribution in [-0.4, -0.2) is 48.6 Å². The molecule has 1 aromatic heterocycles. The van der Waals surface area contributed by atoms with Crippen molar-refractivity contribution >= 4 is 6.03 Å². The molecule has 1 fully saturated rings. The summed E-state index contributed by atoms with van der Waals surface area (Å²) in [5, 5.41) is 9.61. The molecule has 0 spiro atoms. The molecule has 0 radical (unpaired) electrons. The minimum Gasteiger partial charge on any atom is -0.381 e. The summed E-state index contributed by atoms with van der Waals surface area (Å²) in [6.45, 7) is 7.33. The van der Waals surface area contributed by atoms with Gasteiger partial charge in [-0.1, -0.05) is 5.16 Å². The molecule has 2 amide bonds. The van der Waals surface area contributed by atoms with Gasteiger partial charge >= 0.3 is 6.03 Å². The molecular weight excluding hydrogens is 300 g/mol. The highest BCUT2D eigenvalue weighted by atomic mass is 16.5. The van der Waals surface area contributed by atoms with E-state index in [0.717, 1.165) is 12.8 Å². The Morgan fingerprint density at radius 3 is 2.70 bits per heavy atom. The molecule has 130 valence electrons. The fourth-order valence-corrected chi connectivity index (χ4v) is 2.43. The maximum Gasteiger partial charge on any atom is 0.315 e. The molecule has 0 aliphatic carbocycles. The van der Waals surface area contributed by atoms with Crippen LogP contribution in [0.3, 0.4) is 0 Å². The molecule has 2 rings (SSSR count). The number of carbonyl (C=O) groups excluding carboxylic acids is 1. The number of amides is 2. The third kappa shape index (κ3) is 5.18. The largest absolute Gasteiger partial charge is 0.381 e. The van der Waals surface area contributed by atoms with Gasteiger partial charge in [-0.25, -0.2) is 4.79 Å². The number of nitrogens with zero attached hydrogens (tertiary/aromatic N) is 2. The second kappa shape index (κ2) is 7.74. The van der Waals surface area contributed by atoms with E-state index in [2.05, 4.69) is 20.8 Å². The average molecular weight is 326 g/mol. The van der Waals surface area contributed by atoms with Crippen LogP contribution in [0.25, 0.3) is 0 Å². The first-order valence-corrected chi connectivity index (χ1v) is 7.89. The Kier molecular flexibility index (Phi) is 5.95. The Balaban J connectivity index is 2.01. The van der Waals surface area contributed by atoms with Crippen molar-refractivity contribution in [1.82, 2.24) is 20.8 Å². The van der Waals surface area contributed by atoms with Gasteiger partial charge in [-0.2, -0.15) is 4.98 Å². The van der Waals surface area contributed by atoms with Crippen molar-refractivity contribution in [3.8, 4) is 0 Å². The lowest BCUT2D eigenvalue weighted by Gasteiger charge is -2.29. The quantitative estimate of drug-likeness (QED) is 0.823. The lowest BCUT2D eigenvalue weighted by atomic mass is 9.91. The zero-order valence-electron chi connectivity index (χ0n) is 14.2. The highest BCUT2D eigenvalue weighted by Gasteiger charge is 2.31. The number of ether oxygens (including phenoxy) is 2. The summed E-state index contributed by atoms with van der Waals surface area (Å²) in [7, 11) is 1.62. The normalized spacial score (nSPS) is 17.7. The molecular formula is C15H26N4O4. The highest BCUT2D eigenvalue weighted by Crippen LogP contribution is 2.29. The topological polar surface area (TPSA) is 98.5 Å². The van der Waals surface area contributed by atoms with Crippen molar-refractivity contribution < 1.29 is 18.8 Å². The maximum atomic E-state index is 12.2. The van der Waals surface area contributed by atoms with Crippen molar-refractivity contribution in [1.29, 1.82) is 0 Å². The summed E-state index contributed by atoms with van der Waals surface area (Å²) in [5.74, 6) is 1.21. The minimum atomic E-state index is -0.424. The average Bonchev–Trinajstić information content (AvgIpc) is 2.98. The predicted octanol–water partition coefficient (Wildman–Crippen LogP) is 1.57. The molecule has 2 N–H and O–H groups in total. The Bertz CT molecular complexity index is 511. The SMILES string of the molecule is COC(C)(C)CNC(=O)NC(c1nc(C)no1)C1CCOCC1. The van der Waals surface area contributed by atoms with Crippen LogP contribution in [0, 0.1) is 12.8 Å². The Morgan fingerprint density at radius 1 is 1.43 bits per heavy atom. The van der Waals surface area contributed by atoms with Crippen molar-refractivity contribution in [2.75, 3.05) is 26.9 Å². The Morgan fingerprint density at radius 2 is 2.13 bits per heavy atom. The van der Waals surface area contributed by atoms with Gasteiger partial charge < -0.3 is 24.6 Å². The minimum absolute atomic E-state index is 0.213. The summed E-state index contributed by atoms with van der Waals surface area (Å²) in [6, 6.07) is -0.590. The van der Waals surface area contributed by atoms with Gasteiger partial charge in [0.2, 0.25) is 5.89 Å². The molecule has 1 aliphatic heterocycles. The van der Waals surface area contributed by atoms with Crippen LogP contribution < -0.4 is 10.6 Å². The van der Waals surface area contributed by atoms with Gasteiger partial charge in [0.25, 0.3) is 0 Å². The number of urea groups is 1. The number of methoxy groups -OCH3 is 1. The molecule has 1 saturated heterocycles. The molecule has 1 atom stereocenters. The van der Waals surface area contributed by atoms with E-state index in [1.807, 2.05) is 13.8 Å². The number of rotatable bonds is 6. The molecule has 0 aromatic carbocycles. The van der Waals surface area contributed by atoms with Crippen LogP contribution in [-0.2, 0) is 9.47 Å². The van der Waals surface area contributed by atoms with E-state index in [1.54, 1.807) is 14.0 Å². The van der Waals surface area contributed by atoms with Crippen molar-refractivity contribution in [2.45, 2.75) is 45.3 Å². The first-order valence-electron chi connectivity index (χ1n) is 7.89. The van der Waals surface area contributed by atoms with Crippen molar-refractivity contribution in [2.24, 2.45) is 5.92 Å². The first-order chi connectivity index (χ1) is 10.9. The number of hydrogen-bond acceptors (Lipinski definition) is 6. The van der Waals surface area contributed by atoms with Gasteiger partial charge in [-0.3, -0.25) is 0 Å². The van der Waals surface area contributed by atoms with Gasteiger partial charge in [-0.15, -0.1) is 0 Å². The molecule has 0 bridgehead atoms. The van der Waals surface area contributed by atoms with Gasteiger partial charge in [-0.05, 0) is 39.5 Å². The summed E-state index contributed by atoms with van der Waals surface area (Å²) >= 11 is 0. The number of aryl methyl sites for hydroxylation is 1. The molecule has 1 aliphatic rings. The van der Waals surface area contributed by atoms with Crippen LogP contribution in [0.2, 0.25) is 0 Å². The highest BCUT2D eigenvalue weighted by molar-refractivity contribution is 5.74. The lowest BCUT2D eigenvalue weighted by molar-refractivity contribution is 0.0248. The van der Waals surface area contributed by atoms with E-state index >= 15 is 0 Å². The third-order valence-electron chi connectivity index (χ3n) is 4.06. The van der Waals surface area contributed by atoms with Crippen LogP contribution in [0.4, 0.5) is 4.79 Å². The van der Waals surface area contributed by atoms with Crippen LogP contribution in [0.15, 0.2) is 4.52 Å². The summed E-state index contributed by atoms with van der Waals surface area (Å²) in [4.78, 5) is 16.5. The molecule has 1 unspecified atom stereocenters. The zero-order chi connectivity index (χ0) is 16.9. The number of hydrogen-bond donors (Lipinski definition) is 2. The second-order valence-electron chi connectivity index (χ2n) is 6.40. The van der Waals surface area contributed by atoms with Gasteiger partial charge in [0.1, 0.15) is 6.04 Å². The maximum absolute atomic E-state index is 12.2. The van der Waals surface area contributed by atoms with Crippen molar-refractivity contribution in [3.05, 3.63) is 11.7 Å². The van der Waals surface area contributed by atoms with E-state index in [1.165, 1.54) is 0 Å². The molecule has 8 heteroatoms. The second-order valence-corrected chi connectivity index (χ2v) is 6.40. The number of carbonyl (C=O) groups is 1. The summed E-state index contributed by atoms with van der Waals surface area (Å²) < 4.78 is 16.0. The van der Waals surface area contributed by atoms with Crippen LogP contribution in [0.1, 0.15) is 44.4 Å². The van der Waals surface area contributed by atoms with E-state index in [0.29, 0.717) is 31.5 Å². The molecule has 23 heavy (non-hydrogen) atoms. The van der Waals surface area contributed by atoms with E-state index in [9.17, 15) is 4.79 Å². The van der Waals surface area contributed by atoms with E-state index in [4.69, 9.17) is 14.0 Å². The van der Waals surface area contributed by atoms with Crippen LogP contribution in [0.5, 0.6) is 0 Å². The Hall–Kier alpha value is -1.67. The van der Waals surface area contributed by atoms with Gasteiger partial charge in [0, 0.05) is 26.9 Å². The van der Waals surface area contributed by atoms with E-state index in [-0.39, 0.29) is 18.0 Å². The first kappa shape index (κ1) is 17.7. The molecule has 2 heterocycles. The summed E-state index contributed by atoms with van der Waals surface area (Å²) in [6.07, 6.45) is 1.69. The lowest BCUT2D eigenvalue weighted by Crippen LogP contribution is -2.47. The fraction of sp³-hybridized carbons (Fsp3) is 0.800. The standard InChI is InChI=1S/C15H26N4O4/c1-10-17-13(23-19-10)12(11-5-7-22-8-6-11)18-14(20)16-9-15(2,3)21-4/h11-12H,5-9H2,1-4H3,(H2,16,18,20). The molecule has 8 nitrogen and oxygen atoms in total. The molecule has 1 aromatic rings. The van der Waals surface area contributed by atoms with Gasteiger partial charge in [0.05, 0.1) is 5.60 Å². The monoisotopic (exact) mass is 326 g/mol. The third-order valence-corrected chi connectivity index (χ3v) is 4.06. The predicted molar refractivity (Wildman–Crippen MR) is 82.9 cm³/mol.